The SMILES string of the molecule is CCN1C(=O)COc2ccc(NC(=O)N[C@@H]3COc4ccccc4C3)cc21. The van der Waals surface area contributed by atoms with E-state index in [4.69, 9.17) is 9.47 Å². The van der Waals surface area contributed by atoms with Gasteiger partial charge in [0.25, 0.3) is 5.91 Å². The summed E-state index contributed by atoms with van der Waals surface area (Å²) < 4.78 is 11.1. The van der Waals surface area contributed by atoms with Crippen LogP contribution in [0.1, 0.15) is 12.5 Å². The standard InChI is InChI=1S/C20H21N3O4/c1-2-23-16-10-14(7-8-18(16)27-12-19(23)24)21-20(25)22-15-9-13-5-3-4-6-17(13)26-11-15/h3-8,10,15H,2,9,11-12H2,1H3,(H2,21,22,25)/t15-/m0/s1. The Morgan fingerprint density at radius 3 is 2.89 bits per heavy atom. The summed E-state index contributed by atoms with van der Waals surface area (Å²) >= 11 is 0. The molecule has 0 unspecified atom stereocenters. The van der Waals surface area contributed by atoms with Crippen molar-refractivity contribution in [2.24, 2.45) is 0 Å². The number of hydrogen-bond donors (Lipinski definition) is 2. The molecule has 27 heavy (non-hydrogen) atoms. The average Bonchev–Trinajstić information content (AvgIpc) is 2.67. The van der Waals surface area contributed by atoms with Crippen LogP contribution in [0.3, 0.4) is 0 Å². The molecule has 0 saturated heterocycles. The predicted octanol–water partition coefficient (Wildman–Crippen LogP) is 2.56. The van der Waals surface area contributed by atoms with Gasteiger partial charge < -0.3 is 25.0 Å². The molecule has 2 aliphatic heterocycles. The van der Waals surface area contributed by atoms with Crippen LogP contribution in [0.25, 0.3) is 0 Å². The van der Waals surface area contributed by atoms with Crippen LogP contribution in [0.4, 0.5) is 16.2 Å². The highest BCUT2D eigenvalue weighted by Gasteiger charge is 2.25. The van der Waals surface area contributed by atoms with Crippen LogP contribution in [0.2, 0.25) is 0 Å². The van der Waals surface area contributed by atoms with Crippen LogP contribution < -0.4 is 25.0 Å². The number of ether oxygens (including phenoxy) is 2. The molecule has 0 spiro atoms. The molecule has 0 bridgehead atoms. The molecule has 2 heterocycles. The third kappa shape index (κ3) is 3.53. The number of hydrogen-bond acceptors (Lipinski definition) is 4. The first-order valence-corrected chi connectivity index (χ1v) is 8.99. The fourth-order valence-electron chi connectivity index (χ4n) is 3.40. The molecule has 7 heteroatoms. The van der Waals surface area contributed by atoms with Crippen molar-refractivity contribution < 1.29 is 19.1 Å². The number of carbonyl (C=O) groups excluding carboxylic acids is 2. The number of nitrogens with one attached hydrogen (secondary N) is 2. The zero-order chi connectivity index (χ0) is 18.8. The fourth-order valence-corrected chi connectivity index (χ4v) is 3.40. The topological polar surface area (TPSA) is 79.9 Å². The molecule has 0 aliphatic carbocycles. The van der Waals surface area contributed by atoms with Crippen molar-refractivity contribution in [3.63, 3.8) is 0 Å². The maximum atomic E-state index is 12.4. The Kier molecular flexibility index (Phi) is 4.58. The number of carbonyl (C=O) groups is 2. The van der Waals surface area contributed by atoms with Crippen LogP contribution >= 0.6 is 0 Å². The van der Waals surface area contributed by atoms with Gasteiger partial charge >= 0.3 is 6.03 Å². The number of urea groups is 1. The van der Waals surface area contributed by atoms with E-state index in [1.54, 1.807) is 23.1 Å². The number of likely N-dealkylation sites (N-methyl/N-ethyl adjacent to an activating group) is 1. The largest absolute Gasteiger partial charge is 0.491 e. The minimum atomic E-state index is -0.311. The predicted molar refractivity (Wildman–Crippen MR) is 102 cm³/mol. The molecule has 0 aromatic heterocycles. The molecular formula is C20H21N3O4. The van der Waals surface area contributed by atoms with Crippen LogP contribution in [0.15, 0.2) is 42.5 Å². The van der Waals surface area contributed by atoms with E-state index in [2.05, 4.69) is 10.6 Å². The normalized spacial score (nSPS) is 17.9. The van der Waals surface area contributed by atoms with E-state index in [0.29, 0.717) is 30.3 Å². The highest BCUT2D eigenvalue weighted by atomic mass is 16.5. The van der Waals surface area contributed by atoms with Crippen molar-refractivity contribution in [3.8, 4) is 11.5 Å². The Hall–Kier alpha value is -3.22. The minimum absolute atomic E-state index is 0.0389. The van der Waals surface area contributed by atoms with Gasteiger partial charge in [0.05, 0.1) is 11.7 Å². The lowest BCUT2D eigenvalue weighted by atomic mass is 10.0. The van der Waals surface area contributed by atoms with Crippen molar-refractivity contribution in [1.29, 1.82) is 0 Å². The second-order valence-corrected chi connectivity index (χ2v) is 6.53. The van der Waals surface area contributed by atoms with Gasteiger partial charge in [-0.15, -0.1) is 0 Å². The number of nitrogens with zero attached hydrogens (tertiary/aromatic N) is 1. The first kappa shape index (κ1) is 17.2. The van der Waals surface area contributed by atoms with E-state index in [9.17, 15) is 9.59 Å². The quantitative estimate of drug-likeness (QED) is 0.874. The van der Waals surface area contributed by atoms with Gasteiger partial charge in [-0.2, -0.15) is 0 Å². The van der Waals surface area contributed by atoms with Crippen molar-refractivity contribution in [2.75, 3.05) is 30.0 Å². The van der Waals surface area contributed by atoms with Crippen molar-refractivity contribution in [2.45, 2.75) is 19.4 Å². The van der Waals surface area contributed by atoms with Crippen molar-refractivity contribution in [3.05, 3.63) is 48.0 Å². The highest BCUT2D eigenvalue weighted by Crippen LogP contribution is 2.34. The molecule has 2 N–H and O–H groups in total. The molecule has 2 aliphatic rings. The van der Waals surface area contributed by atoms with E-state index >= 15 is 0 Å². The molecular weight excluding hydrogens is 346 g/mol. The lowest BCUT2D eigenvalue weighted by Gasteiger charge is -2.29. The third-order valence-electron chi connectivity index (χ3n) is 4.69. The van der Waals surface area contributed by atoms with Gasteiger partial charge in [0.15, 0.2) is 6.61 Å². The first-order chi connectivity index (χ1) is 13.1. The van der Waals surface area contributed by atoms with Gasteiger partial charge in [-0.25, -0.2) is 4.79 Å². The second kappa shape index (κ2) is 7.19. The van der Waals surface area contributed by atoms with E-state index in [1.165, 1.54) is 0 Å². The Balaban J connectivity index is 1.42. The van der Waals surface area contributed by atoms with Crippen LogP contribution in [-0.4, -0.2) is 37.7 Å². The zero-order valence-corrected chi connectivity index (χ0v) is 15.0. The summed E-state index contributed by atoms with van der Waals surface area (Å²) in [6.07, 6.45) is 0.722. The van der Waals surface area contributed by atoms with Gasteiger partial charge in [-0.05, 0) is 43.2 Å². The molecule has 3 amide bonds. The van der Waals surface area contributed by atoms with Gasteiger partial charge in [-0.3, -0.25) is 4.79 Å². The zero-order valence-electron chi connectivity index (χ0n) is 15.0. The van der Waals surface area contributed by atoms with Crippen LogP contribution in [-0.2, 0) is 11.2 Å². The Labute approximate surface area is 157 Å². The van der Waals surface area contributed by atoms with Gasteiger partial charge in [0.1, 0.15) is 18.1 Å². The minimum Gasteiger partial charge on any atom is -0.491 e. The van der Waals surface area contributed by atoms with E-state index in [1.807, 2.05) is 31.2 Å². The number of benzene rings is 2. The molecule has 7 nitrogen and oxygen atoms in total. The van der Waals surface area contributed by atoms with E-state index in [0.717, 1.165) is 17.7 Å². The molecule has 2 aromatic carbocycles. The lowest BCUT2D eigenvalue weighted by molar-refractivity contribution is -0.121. The second-order valence-electron chi connectivity index (χ2n) is 6.53. The molecule has 0 radical (unpaired) electrons. The van der Waals surface area contributed by atoms with Crippen molar-refractivity contribution in [1.82, 2.24) is 5.32 Å². The van der Waals surface area contributed by atoms with Gasteiger partial charge in [0, 0.05) is 12.2 Å². The Bertz CT molecular complexity index is 883. The summed E-state index contributed by atoms with van der Waals surface area (Å²) in [5.41, 5.74) is 2.35. The smallest absolute Gasteiger partial charge is 0.319 e. The number of fused-ring (bicyclic) bond motifs is 2. The maximum Gasteiger partial charge on any atom is 0.319 e. The molecule has 0 fully saturated rings. The van der Waals surface area contributed by atoms with E-state index < -0.39 is 0 Å². The summed E-state index contributed by atoms with van der Waals surface area (Å²) in [5.74, 6) is 1.42. The van der Waals surface area contributed by atoms with Gasteiger partial charge in [0.2, 0.25) is 0 Å². The average molecular weight is 367 g/mol. The molecule has 4 rings (SSSR count). The summed E-state index contributed by atoms with van der Waals surface area (Å²) in [5, 5.41) is 5.76. The highest BCUT2D eigenvalue weighted by molar-refractivity contribution is 5.99. The lowest BCUT2D eigenvalue weighted by Crippen LogP contribution is -2.44. The molecule has 140 valence electrons. The monoisotopic (exact) mass is 367 g/mol. The molecule has 0 saturated carbocycles. The first-order valence-electron chi connectivity index (χ1n) is 8.99. The van der Waals surface area contributed by atoms with Crippen LogP contribution in [0.5, 0.6) is 11.5 Å². The Morgan fingerprint density at radius 1 is 1.19 bits per heavy atom. The number of para-hydroxylation sites is 1. The van der Waals surface area contributed by atoms with E-state index in [-0.39, 0.29) is 24.6 Å². The summed E-state index contributed by atoms with van der Waals surface area (Å²) in [4.78, 5) is 26.0. The summed E-state index contributed by atoms with van der Waals surface area (Å²) in [6, 6.07) is 12.7. The Morgan fingerprint density at radius 2 is 2.04 bits per heavy atom. The summed E-state index contributed by atoms with van der Waals surface area (Å²) in [6.45, 7) is 2.92. The number of anilines is 2. The summed E-state index contributed by atoms with van der Waals surface area (Å²) in [7, 11) is 0. The van der Waals surface area contributed by atoms with Crippen LogP contribution in [0, 0.1) is 0 Å². The molecule has 2 aromatic rings. The number of rotatable bonds is 3. The van der Waals surface area contributed by atoms with Gasteiger partial charge in [-0.1, -0.05) is 18.2 Å². The fraction of sp³-hybridized carbons (Fsp3) is 0.300. The molecule has 1 atom stereocenters. The van der Waals surface area contributed by atoms with Crippen molar-refractivity contribution >= 4 is 23.3 Å². The maximum absolute atomic E-state index is 12.4. The number of amides is 3. The third-order valence-corrected chi connectivity index (χ3v) is 4.69.